The van der Waals surface area contributed by atoms with Gasteiger partial charge in [-0.25, -0.2) is 0 Å². The summed E-state index contributed by atoms with van der Waals surface area (Å²) in [5.41, 5.74) is 0. The minimum Gasteiger partial charge on any atom is -0.316 e. The summed E-state index contributed by atoms with van der Waals surface area (Å²) < 4.78 is 2.37. The molecule has 2 fully saturated rings. The zero-order chi connectivity index (χ0) is 11.7. The van der Waals surface area contributed by atoms with E-state index in [1.54, 1.807) is 0 Å². The second-order valence-corrected chi connectivity index (χ2v) is 5.52. The van der Waals surface area contributed by atoms with Gasteiger partial charge in [-0.2, -0.15) is 0 Å². The Bertz CT molecular complexity index is 375. The lowest BCUT2D eigenvalue weighted by Crippen LogP contribution is -2.30. The lowest BCUT2D eigenvalue weighted by atomic mass is 9.94. The van der Waals surface area contributed by atoms with Crippen LogP contribution in [-0.2, 0) is 6.42 Å². The third-order valence-corrected chi connectivity index (χ3v) is 4.02. The summed E-state index contributed by atoms with van der Waals surface area (Å²) in [6.07, 6.45) is 7.71. The lowest BCUT2D eigenvalue weighted by Gasteiger charge is -2.22. The van der Waals surface area contributed by atoms with Gasteiger partial charge in [-0.1, -0.05) is 0 Å². The predicted octanol–water partition coefficient (Wildman–Crippen LogP) is 1.85. The van der Waals surface area contributed by atoms with Crippen molar-refractivity contribution in [1.82, 2.24) is 20.1 Å². The van der Waals surface area contributed by atoms with Gasteiger partial charge in [0.05, 0.1) is 0 Å². The molecule has 3 rings (SSSR count). The van der Waals surface area contributed by atoms with Crippen molar-refractivity contribution >= 4 is 0 Å². The van der Waals surface area contributed by atoms with Crippen LogP contribution in [-0.4, -0.2) is 27.9 Å². The number of piperidine rings is 1. The van der Waals surface area contributed by atoms with E-state index in [4.69, 9.17) is 0 Å². The van der Waals surface area contributed by atoms with Gasteiger partial charge in [-0.15, -0.1) is 10.2 Å². The average molecular weight is 234 g/mol. The summed E-state index contributed by atoms with van der Waals surface area (Å²) in [6.45, 7) is 4.47. The fourth-order valence-corrected chi connectivity index (χ4v) is 2.89. The highest BCUT2D eigenvalue weighted by atomic mass is 15.3. The molecule has 1 aliphatic carbocycles. The third-order valence-electron chi connectivity index (χ3n) is 4.02. The molecule has 1 saturated carbocycles. The van der Waals surface area contributed by atoms with Crippen molar-refractivity contribution in [3.8, 4) is 0 Å². The lowest BCUT2D eigenvalue weighted by molar-refractivity contribution is 0.354. The Labute approximate surface area is 103 Å². The number of nitrogens with one attached hydrogen (secondary N) is 1. The fraction of sp³-hybridized carbons (Fsp3) is 0.846. The molecule has 1 unspecified atom stereocenters. The number of aryl methyl sites for hydroxylation is 2. The van der Waals surface area contributed by atoms with Gasteiger partial charge in [0.2, 0.25) is 0 Å². The first kappa shape index (κ1) is 11.2. The van der Waals surface area contributed by atoms with E-state index in [1.807, 2.05) is 0 Å². The molecule has 1 N–H and O–H groups in total. The molecular formula is C13H22N4. The molecule has 0 amide bonds. The van der Waals surface area contributed by atoms with Crippen LogP contribution in [0, 0.1) is 12.8 Å². The average Bonchev–Trinajstić information content (AvgIpc) is 3.12. The third kappa shape index (κ3) is 2.51. The van der Waals surface area contributed by atoms with E-state index in [-0.39, 0.29) is 0 Å². The van der Waals surface area contributed by atoms with E-state index in [2.05, 4.69) is 27.0 Å². The van der Waals surface area contributed by atoms with Crippen molar-refractivity contribution in [3.63, 3.8) is 0 Å². The Hall–Kier alpha value is -0.900. The van der Waals surface area contributed by atoms with E-state index in [0.29, 0.717) is 6.04 Å². The topological polar surface area (TPSA) is 42.7 Å². The second kappa shape index (κ2) is 4.77. The summed E-state index contributed by atoms with van der Waals surface area (Å²) in [6, 6.07) is 0.712. The van der Waals surface area contributed by atoms with Gasteiger partial charge in [0, 0.05) is 12.5 Å². The zero-order valence-electron chi connectivity index (χ0n) is 10.7. The number of nitrogens with zero attached hydrogens (tertiary/aromatic N) is 3. The molecule has 94 valence electrons. The van der Waals surface area contributed by atoms with Crippen LogP contribution in [0.5, 0.6) is 0 Å². The molecule has 0 bridgehead atoms. The zero-order valence-corrected chi connectivity index (χ0v) is 10.7. The van der Waals surface area contributed by atoms with Gasteiger partial charge in [0.25, 0.3) is 0 Å². The summed E-state index contributed by atoms with van der Waals surface area (Å²) in [7, 11) is 0. The molecule has 1 aromatic heterocycles. The quantitative estimate of drug-likeness (QED) is 0.864. The Morgan fingerprint density at radius 1 is 1.29 bits per heavy atom. The monoisotopic (exact) mass is 234 g/mol. The van der Waals surface area contributed by atoms with Crippen molar-refractivity contribution in [2.75, 3.05) is 13.1 Å². The van der Waals surface area contributed by atoms with Crippen LogP contribution in [0.15, 0.2) is 0 Å². The molecule has 2 heterocycles. The standard InChI is InChI=1S/C13H22N4/c1-10-15-16-13(17(10)12-5-6-12)7-4-11-3-2-8-14-9-11/h11-12,14H,2-9H2,1H3. The summed E-state index contributed by atoms with van der Waals surface area (Å²) >= 11 is 0. The molecule has 0 aromatic carbocycles. The largest absolute Gasteiger partial charge is 0.316 e. The molecule has 1 aliphatic heterocycles. The summed E-state index contributed by atoms with van der Waals surface area (Å²) in [5.74, 6) is 3.16. The van der Waals surface area contributed by atoms with E-state index in [1.165, 1.54) is 51.0 Å². The Morgan fingerprint density at radius 3 is 2.88 bits per heavy atom. The number of aromatic nitrogens is 3. The van der Waals surface area contributed by atoms with Gasteiger partial charge >= 0.3 is 0 Å². The SMILES string of the molecule is Cc1nnc(CCC2CCCNC2)n1C1CC1. The van der Waals surface area contributed by atoms with Gasteiger partial charge < -0.3 is 9.88 Å². The first-order chi connectivity index (χ1) is 8.34. The molecule has 0 spiro atoms. The first-order valence-corrected chi connectivity index (χ1v) is 6.95. The van der Waals surface area contributed by atoms with Crippen LogP contribution in [0.25, 0.3) is 0 Å². The molecule has 1 atom stereocenters. The Morgan fingerprint density at radius 2 is 2.18 bits per heavy atom. The van der Waals surface area contributed by atoms with Crippen LogP contribution >= 0.6 is 0 Å². The number of rotatable bonds is 4. The molecule has 1 saturated heterocycles. The van der Waals surface area contributed by atoms with E-state index >= 15 is 0 Å². The minimum atomic E-state index is 0.712. The van der Waals surface area contributed by atoms with Crippen molar-refractivity contribution in [2.45, 2.75) is 51.5 Å². The highest BCUT2D eigenvalue weighted by Crippen LogP contribution is 2.36. The highest BCUT2D eigenvalue weighted by molar-refractivity contribution is 5.01. The Balaban J connectivity index is 1.60. The first-order valence-electron chi connectivity index (χ1n) is 6.95. The van der Waals surface area contributed by atoms with Gasteiger partial charge in [0.1, 0.15) is 11.6 Å². The molecule has 2 aliphatic rings. The summed E-state index contributed by atoms with van der Waals surface area (Å²) in [4.78, 5) is 0. The van der Waals surface area contributed by atoms with E-state index < -0.39 is 0 Å². The van der Waals surface area contributed by atoms with E-state index in [9.17, 15) is 0 Å². The van der Waals surface area contributed by atoms with Gasteiger partial charge in [0.15, 0.2) is 0 Å². The number of hydrogen-bond acceptors (Lipinski definition) is 3. The van der Waals surface area contributed by atoms with Gasteiger partial charge in [-0.05, 0) is 58.0 Å². The molecule has 4 nitrogen and oxygen atoms in total. The van der Waals surface area contributed by atoms with Crippen LogP contribution in [0.2, 0.25) is 0 Å². The molecular weight excluding hydrogens is 212 g/mol. The van der Waals surface area contributed by atoms with Crippen molar-refractivity contribution < 1.29 is 0 Å². The minimum absolute atomic E-state index is 0.712. The molecule has 1 aromatic rings. The smallest absolute Gasteiger partial charge is 0.133 e. The normalized spacial score (nSPS) is 25.1. The van der Waals surface area contributed by atoms with E-state index in [0.717, 1.165) is 18.2 Å². The molecule has 4 heteroatoms. The van der Waals surface area contributed by atoms with Crippen molar-refractivity contribution in [1.29, 1.82) is 0 Å². The summed E-state index contributed by atoms with van der Waals surface area (Å²) in [5, 5.41) is 12.1. The second-order valence-electron chi connectivity index (χ2n) is 5.52. The van der Waals surface area contributed by atoms with Crippen LogP contribution in [0.3, 0.4) is 0 Å². The predicted molar refractivity (Wildman–Crippen MR) is 66.9 cm³/mol. The fourth-order valence-electron chi connectivity index (χ4n) is 2.89. The van der Waals surface area contributed by atoms with Gasteiger partial charge in [-0.3, -0.25) is 0 Å². The molecule has 17 heavy (non-hydrogen) atoms. The number of hydrogen-bond donors (Lipinski definition) is 1. The highest BCUT2D eigenvalue weighted by Gasteiger charge is 2.28. The molecule has 0 radical (unpaired) electrons. The maximum atomic E-state index is 4.35. The van der Waals surface area contributed by atoms with Crippen LogP contribution in [0.4, 0.5) is 0 Å². The van der Waals surface area contributed by atoms with Crippen LogP contribution in [0.1, 0.15) is 49.8 Å². The Kier molecular flexibility index (Phi) is 3.14. The van der Waals surface area contributed by atoms with Crippen LogP contribution < -0.4 is 5.32 Å². The van der Waals surface area contributed by atoms with Crippen molar-refractivity contribution in [3.05, 3.63) is 11.6 Å². The van der Waals surface area contributed by atoms with Crippen molar-refractivity contribution in [2.24, 2.45) is 5.92 Å². The maximum absolute atomic E-state index is 4.35. The maximum Gasteiger partial charge on any atom is 0.133 e.